The predicted octanol–water partition coefficient (Wildman–Crippen LogP) is -3.38. The molecule has 0 aliphatic heterocycles. The molecule has 0 saturated carbocycles. The van der Waals surface area contributed by atoms with Crippen LogP contribution in [0.2, 0.25) is 0 Å². The van der Waals surface area contributed by atoms with E-state index in [0.29, 0.717) is 0 Å². The molecule has 0 bridgehead atoms. The molecule has 0 aliphatic rings. The zero-order valence-corrected chi connectivity index (χ0v) is 12.6. The van der Waals surface area contributed by atoms with E-state index in [4.69, 9.17) is 0 Å². The molecule has 0 aliphatic carbocycles. The Bertz CT molecular complexity index is 297. The normalized spacial score (nSPS) is 12.6. The van der Waals surface area contributed by atoms with Crippen LogP contribution in [0.3, 0.4) is 0 Å². The molecule has 0 radical (unpaired) electrons. The molecule has 0 amide bonds. The SMILES string of the molecule is CNCCN(CCS(=O)(=O)[O-])CC(F)(F)F.[Na+]. The average Bonchev–Trinajstić information content (AvgIpc) is 2.06. The standard InChI is InChI=1S/C7H15F3N2O3S.Na/c1-11-2-3-12(6-7(8,9)10)4-5-16(13,14)15;/h11H,2-6H2,1H3,(H,13,14,15);/q;+1/p-1. The molecule has 0 spiro atoms. The molecule has 0 aromatic carbocycles. The second kappa shape index (κ2) is 8.68. The van der Waals surface area contributed by atoms with E-state index in [0.717, 1.165) is 4.90 Å². The first-order valence-corrected chi connectivity index (χ1v) is 6.09. The first-order chi connectivity index (χ1) is 7.14. The van der Waals surface area contributed by atoms with E-state index in [1.807, 2.05) is 0 Å². The van der Waals surface area contributed by atoms with Gasteiger partial charge in [0.05, 0.1) is 22.4 Å². The summed E-state index contributed by atoms with van der Waals surface area (Å²) in [5, 5.41) is 2.64. The van der Waals surface area contributed by atoms with Gasteiger partial charge in [0.2, 0.25) is 0 Å². The molecular formula is C7H14F3N2NaO3S. The Balaban J connectivity index is 0. The summed E-state index contributed by atoms with van der Waals surface area (Å²) in [5.41, 5.74) is 0. The Morgan fingerprint density at radius 3 is 2.18 bits per heavy atom. The van der Waals surface area contributed by atoms with Crippen molar-refractivity contribution in [2.45, 2.75) is 6.18 Å². The largest absolute Gasteiger partial charge is 1.00 e. The predicted molar refractivity (Wildman–Crippen MR) is 51.0 cm³/mol. The molecule has 10 heteroatoms. The summed E-state index contributed by atoms with van der Waals surface area (Å²) in [6, 6.07) is 0. The second-order valence-electron chi connectivity index (χ2n) is 3.26. The van der Waals surface area contributed by atoms with E-state index in [-0.39, 0.29) is 42.6 Å². The summed E-state index contributed by atoms with van der Waals surface area (Å²) in [7, 11) is -2.91. The van der Waals surface area contributed by atoms with Crippen molar-refractivity contribution in [3.8, 4) is 0 Å². The van der Waals surface area contributed by atoms with Gasteiger partial charge in [-0.25, -0.2) is 8.42 Å². The molecular weight excluding hydrogens is 272 g/mol. The Hall–Kier alpha value is 0.620. The maximum absolute atomic E-state index is 12.1. The smallest absolute Gasteiger partial charge is 0.748 e. The third-order valence-electron chi connectivity index (χ3n) is 1.74. The summed E-state index contributed by atoms with van der Waals surface area (Å²) in [6.45, 7) is -1.31. The minimum atomic E-state index is -4.48. The van der Waals surface area contributed by atoms with Gasteiger partial charge in [-0.15, -0.1) is 0 Å². The number of rotatable bonds is 7. The molecule has 98 valence electrons. The van der Waals surface area contributed by atoms with Crippen molar-refractivity contribution in [3.05, 3.63) is 0 Å². The van der Waals surface area contributed by atoms with Crippen LogP contribution in [0, 0.1) is 0 Å². The Labute approximate surface area is 121 Å². The van der Waals surface area contributed by atoms with Gasteiger partial charge in [0.15, 0.2) is 0 Å². The van der Waals surface area contributed by atoms with E-state index in [1.165, 1.54) is 0 Å². The number of hydrogen-bond donors (Lipinski definition) is 1. The maximum atomic E-state index is 12.1. The number of hydrogen-bond acceptors (Lipinski definition) is 5. The zero-order valence-electron chi connectivity index (χ0n) is 9.75. The molecule has 0 rings (SSSR count). The van der Waals surface area contributed by atoms with Gasteiger partial charge in [0.25, 0.3) is 0 Å². The molecule has 0 aromatic rings. The van der Waals surface area contributed by atoms with Gasteiger partial charge < -0.3 is 9.87 Å². The van der Waals surface area contributed by atoms with Crippen molar-refractivity contribution in [1.82, 2.24) is 10.2 Å². The van der Waals surface area contributed by atoms with Crippen LogP contribution in [-0.4, -0.2) is 63.0 Å². The van der Waals surface area contributed by atoms with Gasteiger partial charge in [-0.2, -0.15) is 13.2 Å². The monoisotopic (exact) mass is 286 g/mol. The van der Waals surface area contributed by atoms with E-state index < -0.39 is 35.1 Å². The summed E-state index contributed by atoms with van der Waals surface area (Å²) >= 11 is 0. The van der Waals surface area contributed by atoms with E-state index >= 15 is 0 Å². The van der Waals surface area contributed by atoms with Crippen LogP contribution in [0.15, 0.2) is 0 Å². The van der Waals surface area contributed by atoms with Gasteiger partial charge in [0, 0.05) is 19.6 Å². The van der Waals surface area contributed by atoms with Crippen molar-refractivity contribution in [2.24, 2.45) is 0 Å². The topological polar surface area (TPSA) is 72.5 Å². The first-order valence-electron chi connectivity index (χ1n) is 4.51. The van der Waals surface area contributed by atoms with Crippen LogP contribution >= 0.6 is 0 Å². The zero-order chi connectivity index (χ0) is 12.8. The van der Waals surface area contributed by atoms with Gasteiger partial charge in [0.1, 0.15) is 0 Å². The molecule has 0 fully saturated rings. The number of nitrogens with zero attached hydrogens (tertiary/aromatic N) is 1. The van der Waals surface area contributed by atoms with Crippen LogP contribution in [-0.2, 0) is 10.1 Å². The fourth-order valence-corrected chi connectivity index (χ4v) is 1.52. The average molecular weight is 286 g/mol. The number of alkyl halides is 3. The second-order valence-corrected chi connectivity index (χ2v) is 4.78. The van der Waals surface area contributed by atoms with Crippen LogP contribution in [0.25, 0.3) is 0 Å². The van der Waals surface area contributed by atoms with Gasteiger partial charge in [-0.3, -0.25) is 4.90 Å². The number of halogens is 3. The van der Waals surface area contributed by atoms with Crippen LogP contribution < -0.4 is 34.9 Å². The molecule has 0 atom stereocenters. The third kappa shape index (κ3) is 14.6. The Morgan fingerprint density at radius 2 is 1.82 bits per heavy atom. The molecule has 1 N–H and O–H groups in total. The Kier molecular flexibility index (Phi) is 10.2. The van der Waals surface area contributed by atoms with Crippen molar-refractivity contribution < 1.29 is 55.7 Å². The minimum absolute atomic E-state index is 0. The van der Waals surface area contributed by atoms with Gasteiger partial charge in [-0.05, 0) is 7.05 Å². The first kappa shape index (κ1) is 19.9. The molecule has 17 heavy (non-hydrogen) atoms. The Morgan fingerprint density at radius 1 is 1.29 bits per heavy atom. The fraction of sp³-hybridized carbons (Fsp3) is 1.00. The summed E-state index contributed by atoms with van der Waals surface area (Å²) < 4.78 is 67.1. The summed E-state index contributed by atoms with van der Waals surface area (Å²) in [5.74, 6) is -0.813. The van der Waals surface area contributed by atoms with Crippen LogP contribution in [0.1, 0.15) is 0 Å². The summed E-state index contributed by atoms with van der Waals surface area (Å²) in [4.78, 5) is 0.881. The molecule has 0 unspecified atom stereocenters. The minimum Gasteiger partial charge on any atom is -0.748 e. The van der Waals surface area contributed by atoms with Crippen molar-refractivity contribution in [3.63, 3.8) is 0 Å². The molecule has 0 heterocycles. The molecule has 0 saturated heterocycles. The van der Waals surface area contributed by atoms with Gasteiger partial charge in [-0.1, -0.05) is 0 Å². The van der Waals surface area contributed by atoms with E-state index in [1.54, 1.807) is 7.05 Å². The number of likely N-dealkylation sites (N-methyl/N-ethyl adjacent to an activating group) is 1. The third-order valence-corrected chi connectivity index (χ3v) is 2.42. The van der Waals surface area contributed by atoms with Crippen molar-refractivity contribution in [2.75, 3.05) is 39.0 Å². The van der Waals surface area contributed by atoms with Crippen molar-refractivity contribution in [1.29, 1.82) is 0 Å². The van der Waals surface area contributed by atoms with E-state index in [9.17, 15) is 26.1 Å². The molecule has 5 nitrogen and oxygen atoms in total. The fourth-order valence-electron chi connectivity index (χ4n) is 1.03. The van der Waals surface area contributed by atoms with Crippen LogP contribution in [0.4, 0.5) is 13.2 Å². The van der Waals surface area contributed by atoms with Crippen LogP contribution in [0.5, 0.6) is 0 Å². The van der Waals surface area contributed by atoms with E-state index in [2.05, 4.69) is 5.32 Å². The quantitative estimate of drug-likeness (QED) is 0.390. The maximum Gasteiger partial charge on any atom is 1.00 e. The van der Waals surface area contributed by atoms with Crippen molar-refractivity contribution >= 4 is 10.1 Å². The number of nitrogens with one attached hydrogen (secondary N) is 1. The summed E-state index contributed by atoms with van der Waals surface area (Å²) in [6.07, 6.45) is -4.40. The molecule has 0 aromatic heterocycles. The van der Waals surface area contributed by atoms with Gasteiger partial charge >= 0.3 is 35.7 Å².